The lowest BCUT2D eigenvalue weighted by atomic mass is 9.94. The first-order chi connectivity index (χ1) is 12.6. The summed E-state index contributed by atoms with van der Waals surface area (Å²) in [5.74, 6) is 1.34. The van der Waals surface area contributed by atoms with Crippen LogP contribution < -0.4 is 5.73 Å². The molecule has 3 aromatic heterocycles. The van der Waals surface area contributed by atoms with Gasteiger partial charge >= 0.3 is 0 Å². The first-order valence-corrected chi connectivity index (χ1v) is 8.68. The summed E-state index contributed by atoms with van der Waals surface area (Å²) in [5, 5.41) is 10.5. The van der Waals surface area contributed by atoms with Gasteiger partial charge in [0.1, 0.15) is 17.9 Å². The van der Waals surface area contributed by atoms with E-state index in [1.807, 2.05) is 24.4 Å². The van der Waals surface area contributed by atoms with Gasteiger partial charge < -0.3 is 15.8 Å². The number of anilines is 1. The van der Waals surface area contributed by atoms with Gasteiger partial charge in [-0.25, -0.2) is 9.97 Å². The van der Waals surface area contributed by atoms with E-state index < -0.39 is 0 Å². The number of aromatic nitrogens is 4. The number of benzene rings is 1. The SMILES string of the molecule is CC(C)Cc1cc(-c2cccnc2)cc2nc(N)c3nc(CO)[nH]c3c12. The molecule has 0 aliphatic carbocycles. The van der Waals surface area contributed by atoms with Gasteiger partial charge in [-0.15, -0.1) is 0 Å². The van der Waals surface area contributed by atoms with E-state index >= 15 is 0 Å². The molecule has 0 fully saturated rings. The maximum Gasteiger partial charge on any atom is 0.152 e. The molecule has 0 aliphatic rings. The van der Waals surface area contributed by atoms with Gasteiger partial charge in [0.25, 0.3) is 0 Å². The summed E-state index contributed by atoms with van der Waals surface area (Å²) in [6.07, 6.45) is 4.52. The molecule has 1 aromatic carbocycles. The van der Waals surface area contributed by atoms with Gasteiger partial charge in [-0.3, -0.25) is 4.98 Å². The Balaban J connectivity index is 2.07. The molecule has 0 saturated heterocycles. The number of H-pyrrole nitrogens is 1. The number of nitrogens with zero attached hydrogens (tertiary/aromatic N) is 3. The fourth-order valence-electron chi connectivity index (χ4n) is 3.41. The average Bonchev–Trinajstić information content (AvgIpc) is 3.06. The highest BCUT2D eigenvalue weighted by Gasteiger charge is 2.16. The molecule has 4 aromatic rings. The molecule has 0 atom stereocenters. The lowest BCUT2D eigenvalue weighted by Gasteiger charge is -2.13. The highest BCUT2D eigenvalue weighted by Crippen LogP contribution is 2.34. The van der Waals surface area contributed by atoms with Crippen molar-refractivity contribution < 1.29 is 5.11 Å². The Morgan fingerprint density at radius 2 is 2.04 bits per heavy atom. The molecule has 0 radical (unpaired) electrons. The van der Waals surface area contributed by atoms with Crippen LogP contribution in [0.15, 0.2) is 36.7 Å². The van der Waals surface area contributed by atoms with Crippen LogP contribution in [-0.4, -0.2) is 25.0 Å². The van der Waals surface area contributed by atoms with Crippen LogP contribution in [0.25, 0.3) is 33.1 Å². The minimum atomic E-state index is -0.164. The van der Waals surface area contributed by atoms with Gasteiger partial charge in [0, 0.05) is 23.3 Å². The predicted octanol–water partition coefficient (Wildman–Crippen LogP) is 3.45. The number of aliphatic hydroxyl groups excluding tert-OH is 1. The first-order valence-electron chi connectivity index (χ1n) is 8.68. The summed E-state index contributed by atoms with van der Waals surface area (Å²) in [4.78, 5) is 16.4. The molecule has 0 bridgehead atoms. The Morgan fingerprint density at radius 3 is 2.73 bits per heavy atom. The largest absolute Gasteiger partial charge is 0.388 e. The lowest BCUT2D eigenvalue weighted by molar-refractivity contribution is 0.273. The van der Waals surface area contributed by atoms with Crippen molar-refractivity contribution in [1.29, 1.82) is 0 Å². The summed E-state index contributed by atoms with van der Waals surface area (Å²) in [6.45, 7) is 4.22. The molecular weight excluding hydrogens is 326 g/mol. The van der Waals surface area contributed by atoms with Crippen molar-refractivity contribution >= 4 is 27.8 Å². The van der Waals surface area contributed by atoms with Crippen molar-refractivity contribution in [2.75, 3.05) is 5.73 Å². The first kappa shape index (κ1) is 16.5. The molecule has 26 heavy (non-hydrogen) atoms. The van der Waals surface area contributed by atoms with Crippen molar-refractivity contribution in [3.8, 4) is 11.1 Å². The summed E-state index contributed by atoms with van der Waals surface area (Å²) < 4.78 is 0. The number of nitrogen functional groups attached to an aromatic ring is 1. The van der Waals surface area contributed by atoms with E-state index in [1.165, 1.54) is 5.56 Å². The number of hydrogen-bond acceptors (Lipinski definition) is 5. The number of imidazole rings is 1. The van der Waals surface area contributed by atoms with Crippen LogP contribution >= 0.6 is 0 Å². The highest BCUT2D eigenvalue weighted by molar-refractivity contribution is 6.08. The van der Waals surface area contributed by atoms with Crippen LogP contribution in [-0.2, 0) is 13.0 Å². The van der Waals surface area contributed by atoms with Crippen LogP contribution in [0.1, 0.15) is 25.2 Å². The number of aliphatic hydroxyl groups is 1. The summed E-state index contributed by atoms with van der Waals surface area (Å²) in [6, 6.07) is 8.19. The maximum atomic E-state index is 9.45. The second-order valence-corrected chi connectivity index (χ2v) is 6.93. The van der Waals surface area contributed by atoms with E-state index in [-0.39, 0.29) is 6.61 Å². The van der Waals surface area contributed by atoms with Gasteiger partial charge in [0.2, 0.25) is 0 Å². The third-order valence-corrected chi connectivity index (χ3v) is 4.46. The maximum absolute atomic E-state index is 9.45. The lowest BCUT2D eigenvalue weighted by Crippen LogP contribution is -2.00. The summed E-state index contributed by atoms with van der Waals surface area (Å²) >= 11 is 0. The van der Waals surface area contributed by atoms with Gasteiger partial charge in [0.15, 0.2) is 5.82 Å². The van der Waals surface area contributed by atoms with Crippen molar-refractivity contribution in [2.24, 2.45) is 5.92 Å². The van der Waals surface area contributed by atoms with E-state index in [0.717, 1.165) is 34.0 Å². The third-order valence-electron chi connectivity index (χ3n) is 4.46. The van der Waals surface area contributed by atoms with E-state index in [2.05, 4.69) is 39.8 Å². The predicted molar refractivity (Wildman–Crippen MR) is 104 cm³/mol. The van der Waals surface area contributed by atoms with E-state index in [4.69, 9.17) is 5.73 Å². The normalized spacial score (nSPS) is 11.7. The monoisotopic (exact) mass is 347 g/mol. The minimum absolute atomic E-state index is 0.164. The smallest absolute Gasteiger partial charge is 0.152 e. The molecule has 0 aliphatic heterocycles. The molecule has 3 heterocycles. The molecular formula is C20H21N5O. The summed E-state index contributed by atoms with van der Waals surface area (Å²) in [5.41, 5.74) is 11.7. The molecule has 0 amide bonds. The van der Waals surface area contributed by atoms with Crippen molar-refractivity contribution in [1.82, 2.24) is 19.9 Å². The third kappa shape index (κ3) is 2.78. The number of rotatable bonds is 4. The number of pyridine rings is 2. The molecule has 0 unspecified atom stereocenters. The zero-order chi connectivity index (χ0) is 18.3. The molecule has 6 nitrogen and oxygen atoms in total. The molecule has 4 rings (SSSR count). The summed E-state index contributed by atoms with van der Waals surface area (Å²) in [7, 11) is 0. The standard InChI is InChI=1S/C20H21N5O/c1-11(2)6-14-7-13(12-4-3-5-22-9-12)8-15-17(14)18-19(20(21)23-15)25-16(10-26)24-18/h3-5,7-9,11,26H,6,10H2,1-2H3,(H2,21,23)(H,24,25). The Labute approximate surface area is 151 Å². The Morgan fingerprint density at radius 1 is 1.19 bits per heavy atom. The Bertz CT molecular complexity index is 1090. The topological polar surface area (TPSA) is 101 Å². The van der Waals surface area contributed by atoms with E-state index in [9.17, 15) is 5.11 Å². The number of hydrogen-bond donors (Lipinski definition) is 3. The second-order valence-electron chi connectivity index (χ2n) is 6.93. The zero-order valence-corrected chi connectivity index (χ0v) is 14.8. The molecule has 132 valence electrons. The van der Waals surface area contributed by atoms with E-state index in [0.29, 0.717) is 23.1 Å². The Hall–Kier alpha value is -2.99. The van der Waals surface area contributed by atoms with Crippen LogP contribution in [0.3, 0.4) is 0 Å². The number of aromatic amines is 1. The minimum Gasteiger partial charge on any atom is -0.388 e. The van der Waals surface area contributed by atoms with Gasteiger partial charge in [-0.2, -0.15) is 0 Å². The zero-order valence-electron chi connectivity index (χ0n) is 14.8. The van der Waals surface area contributed by atoms with E-state index in [1.54, 1.807) is 6.20 Å². The van der Waals surface area contributed by atoms with Crippen LogP contribution in [0.2, 0.25) is 0 Å². The fraction of sp³-hybridized carbons (Fsp3) is 0.250. The van der Waals surface area contributed by atoms with Crippen LogP contribution in [0.4, 0.5) is 5.82 Å². The van der Waals surface area contributed by atoms with Gasteiger partial charge in [-0.1, -0.05) is 26.0 Å². The van der Waals surface area contributed by atoms with Crippen LogP contribution in [0, 0.1) is 5.92 Å². The quantitative estimate of drug-likeness (QED) is 0.525. The van der Waals surface area contributed by atoms with Crippen molar-refractivity contribution in [2.45, 2.75) is 26.9 Å². The van der Waals surface area contributed by atoms with Crippen molar-refractivity contribution in [3.63, 3.8) is 0 Å². The van der Waals surface area contributed by atoms with Crippen LogP contribution in [0.5, 0.6) is 0 Å². The van der Waals surface area contributed by atoms with Gasteiger partial charge in [-0.05, 0) is 35.6 Å². The van der Waals surface area contributed by atoms with Crippen molar-refractivity contribution in [3.05, 3.63) is 48.0 Å². The second kappa shape index (κ2) is 6.38. The number of nitrogens with one attached hydrogen (secondary N) is 1. The average molecular weight is 347 g/mol. The molecule has 0 saturated carbocycles. The number of nitrogens with two attached hydrogens (primary N) is 1. The van der Waals surface area contributed by atoms with Gasteiger partial charge in [0.05, 0.1) is 11.0 Å². The molecule has 0 spiro atoms. The fourth-order valence-corrected chi connectivity index (χ4v) is 3.41. The number of fused-ring (bicyclic) bond motifs is 3. The molecule has 4 N–H and O–H groups in total. The Kier molecular flexibility index (Phi) is 4.05. The molecule has 6 heteroatoms. The highest BCUT2D eigenvalue weighted by atomic mass is 16.3.